The van der Waals surface area contributed by atoms with E-state index in [1.807, 2.05) is 6.07 Å². The van der Waals surface area contributed by atoms with Gasteiger partial charge >= 0.3 is 5.69 Å². The van der Waals surface area contributed by atoms with Crippen molar-refractivity contribution >= 4 is 20.1 Å². The minimum atomic E-state index is -3.85. The third-order valence-electron chi connectivity index (χ3n) is 5.06. The SMILES string of the molecule is CS(=O)(=O)n1cc(O)n(-c2cccc(CCCOCCCCCCCCS(=O)(=O)O)c2)c1=O. The molecule has 1 aromatic heterocycles. The smallest absolute Gasteiger partial charge is 0.349 e. The van der Waals surface area contributed by atoms with Crippen LogP contribution in [0.15, 0.2) is 35.3 Å². The molecule has 0 bridgehead atoms. The normalized spacial score (nSPS) is 12.3. The van der Waals surface area contributed by atoms with Gasteiger partial charge in [-0.15, -0.1) is 0 Å². The summed E-state index contributed by atoms with van der Waals surface area (Å²) in [6.07, 6.45) is 8.35. The second-order valence-electron chi connectivity index (χ2n) is 7.96. The Morgan fingerprint density at radius 1 is 0.939 bits per heavy atom. The standard InChI is InChI=1S/C21H32N2O8S2/c1-32(26,27)22-17-20(24)23(21(22)25)19-12-8-10-18(16-19)11-9-14-31-13-6-4-2-3-5-7-15-33(28,29)30/h8,10,12,16-17,24H,2-7,9,11,13-15H2,1H3,(H,28,29,30). The molecule has 2 aromatic rings. The predicted octanol–water partition coefficient (Wildman–Crippen LogP) is 2.33. The number of aromatic hydroxyl groups is 1. The minimum Gasteiger partial charge on any atom is -0.493 e. The molecule has 0 unspecified atom stereocenters. The van der Waals surface area contributed by atoms with Crippen LogP contribution in [0.5, 0.6) is 5.88 Å². The number of aromatic nitrogens is 2. The highest BCUT2D eigenvalue weighted by Gasteiger charge is 2.18. The summed E-state index contributed by atoms with van der Waals surface area (Å²) in [5.74, 6) is -0.631. The average molecular weight is 505 g/mol. The number of nitrogens with zero attached hydrogens (tertiary/aromatic N) is 2. The van der Waals surface area contributed by atoms with Crippen molar-refractivity contribution in [1.29, 1.82) is 0 Å². The van der Waals surface area contributed by atoms with E-state index in [0.717, 1.165) is 61.1 Å². The zero-order valence-electron chi connectivity index (χ0n) is 18.7. The summed E-state index contributed by atoms with van der Waals surface area (Å²) in [4.78, 5) is 12.4. The number of hydrogen-bond acceptors (Lipinski definition) is 7. The van der Waals surface area contributed by atoms with Crippen molar-refractivity contribution in [3.8, 4) is 11.6 Å². The average Bonchev–Trinajstić information content (AvgIpc) is 3.02. The van der Waals surface area contributed by atoms with Crippen LogP contribution in [0.25, 0.3) is 5.69 Å². The molecule has 0 radical (unpaired) electrons. The van der Waals surface area contributed by atoms with E-state index in [-0.39, 0.29) is 5.75 Å². The molecule has 33 heavy (non-hydrogen) atoms. The number of benzene rings is 1. The van der Waals surface area contributed by atoms with E-state index < -0.39 is 31.7 Å². The molecule has 12 heteroatoms. The maximum atomic E-state index is 12.4. The van der Waals surface area contributed by atoms with Gasteiger partial charge in [-0.1, -0.05) is 37.8 Å². The van der Waals surface area contributed by atoms with Crippen molar-refractivity contribution in [3.05, 3.63) is 46.5 Å². The Bertz CT molecular complexity index is 1170. The van der Waals surface area contributed by atoms with Gasteiger partial charge < -0.3 is 9.84 Å². The van der Waals surface area contributed by atoms with Crippen molar-refractivity contribution in [2.45, 2.75) is 51.4 Å². The van der Waals surface area contributed by atoms with E-state index in [2.05, 4.69) is 0 Å². The molecule has 0 saturated carbocycles. The van der Waals surface area contributed by atoms with Crippen LogP contribution in [0.4, 0.5) is 0 Å². The molecule has 0 saturated heterocycles. The van der Waals surface area contributed by atoms with Gasteiger partial charge in [0.15, 0.2) is 0 Å². The molecule has 0 aliphatic heterocycles. The molecule has 0 spiro atoms. The fourth-order valence-corrected chi connectivity index (χ4v) is 4.64. The van der Waals surface area contributed by atoms with Crippen LogP contribution < -0.4 is 5.69 Å². The monoisotopic (exact) mass is 504 g/mol. The summed E-state index contributed by atoms with van der Waals surface area (Å²) < 4.78 is 60.3. The molecule has 2 rings (SSSR count). The first-order chi connectivity index (χ1) is 15.5. The van der Waals surface area contributed by atoms with E-state index in [1.165, 1.54) is 0 Å². The summed E-state index contributed by atoms with van der Waals surface area (Å²) in [7, 11) is -7.67. The molecule has 0 atom stereocenters. The zero-order valence-corrected chi connectivity index (χ0v) is 20.4. The number of ether oxygens (including phenoxy) is 1. The first-order valence-electron chi connectivity index (χ1n) is 10.9. The number of unbranched alkanes of at least 4 members (excludes halogenated alkanes) is 5. The van der Waals surface area contributed by atoms with Gasteiger partial charge in [-0.2, -0.15) is 12.4 Å². The Morgan fingerprint density at radius 2 is 1.58 bits per heavy atom. The van der Waals surface area contributed by atoms with Crippen LogP contribution in [0.2, 0.25) is 0 Å². The van der Waals surface area contributed by atoms with Crippen molar-refractivity contribution in [1.82, 2.24) is 8.54 Å². The number of imidazole rings is 1. The van der Waals surface area contributed by atoms with Crippen molar-refractivity contribution in [3.63, 3.8) is 0 Å². The van der Waals surface area contributed by atoms with Gasteiger partial charge in [0.2, 0.25) is 15.9 Å². The third kappa shape index (κ3) is 9.32. The highest BCUT2D eigenvalue weighted by Crippen LogP contribution is 2.17. The molecule has 1 heterocycles. The predicted molar refractivity (Wildman–Crippen MR) is 125 cm³/mol. The number of rotatable bonds is 15. The van der Waals surface area contributed by atoms with Crippen LogP contribution in [0, 0.1) is 0 Å². The summed E-state index contributed by atoms with van der Waals surface area (Å²) in [5.41, 5.74) is 0.461. The lowest BCUT2D eigenvalue weighted by Gasteiger charge is -2.07. The Balaban J connectivity index is 1.69. The highest BCUT2D eigenvalue weighted by molar-refractivity contribution is 7.89. The Kier molecular flexibility index (Phi) is 10.1. The van der Waals surface area contributed by atoms with E-state index in [9.17, 15) is 26.7 Å². The summed E-state index contributed by atoms with van der Waals surface area (Å²) >= 11 is 0. The van der Waals surface area contributed by atoms with E-state index in [4.69, 9.17) is 9.29 Å². The minimum absolute atomic E-state index is 0.176. The third-order valence-corrected chi connectivity index (χ3v) is 6.84. The lowest BCUT2D eigenvalue weighted by molar-refractivity contribution is 0.127. The van der Waals surface area contributed by atoms with Crippen LogP contribution in [-0.4, -0.2) is 60.3 Å². The number of hydrogen-bond donors (Lipinski definition) is 2. The van der Waals surface area contributed by atoms with E-state index >= 15 is 0 Å². The second kappa shape index (κ2) is 12.4. The molecule has 1 aromatic carbocycles. The zero-order chi connectivity index (χ0) is 24.5. The van der Waals surface area contributed by atoms with Gasteiger partial charge in [0.1, 0.15) is 0 Å². The van der Waals surface area contributed by atoms with Crippen molar-refractivity contribution in [2.24, 2.45) is 0 Å². The fourth-order valence-electron chi connectivity index (χ4n) is 3.42. The molecule has 2 N–H and O–H groups in total. The molecular formula is C21H32N2O8S2. The molecule has 186 valence electrons. The van der Waals surface area contributed by atoms with Gasteiger partial charge in [-0.05, 0) is 43.4 Å². The summed E-state index contributed by atoms with van der Waals surface area (Å²) in [6, 6.07) is 6.98. The van der Waals surface area contributed by atoms with Gasteiger partial charge in [-0.3, -0.25) is 4.55 Å². The largest absolute Gasteiger partial charge is 0.493 e. The molecule has 0 amide bonds. The lowest BCUT2D eigenvalue weighted by Crippen LogP contribution is -2.27. The first-order valence-corrected chi connectivity index (χ1v) is 14.3. The van der Waals surface area contributed by atoms with Crippen LogP contribution >= 0.6 is 0 Å². The van der Waals surface area contributed by atoms with Gasteiger partial charge in [-0.25, -0.2) is 17.8 Å². The lowest BCUT2D eigenvalue weighted by atomic mass is 10.1. The summed E-state index contributed by atoms with van der Waals surface area (Å²) in [6.45, 7) is 1.22. The van der Waals surface area contributed by atoms with Crippen LogP contribution in [0.1, 0.15) is 50.5 Å². The second-order valence-corrected chi connectivity index (χ2v) is 11.4. The Hall–Kier alpha value is -2.15. The molecule has 0 aliphatic rings. The Labute approximate surface area is 194 Å². The van der Waals surface area contributed by atoms with Crippen molar-refractivity contribution in [2.75, 3.05) is 25.2 Å². The topological polar surface area (TPSA) is 145 Å². The Morgan fingerprint density at radius 3 is 2.21 bits per heavy atom. The van der Waals surface area contributed by atoms with Crippen LogP contribution in [0.3, 0.4) is 0 Å². The maximum Gasteiger partial charge on any atom is 0.349 e. The molecule has 10 nitrogen and oxygen atoms in total. The van der Waals surface area contributed by atoms with Gasteiger partial charge in [0, 0.05) is 13.2 Å². The molecule has 0 aliphatic carbocycles. The van der Waals surface area contributed by atoms with E-state index in [0.29, 0.717) is 35.7 Å². The summed E-state index contributed by atoms with van der Waals surface area (Å²) in [5, 5.41) is 10.1. The van der Waals surface area contributed by atoms with E-state index in [1.54, 1.807) is 18.2 Å². The first kappa shape index (κ1) is 27.1. The van der Waals surface area contributed by atoms with Crippen LogP contribution in [-0.2, 0) is 31.3 Å². The quantitative estimate of drug-likeness (QED) is 0.278. The van der Waals surface area contributed by atoms with Gasteiger partial charge in [0.25, 0.3) is 10.1 Å². The van der Waals surface area contributed by atoms with Gasteiger partial charge in [0.05, 0.1) is 23.9 Å². The fraction of sp³-hybridized carbons (Fsp3) is 0.571. The highest BCUT2D eigenvalue weighted by atomic mass is 32.2. The molecular weight excluding hydrogens is 472 g/mol. The molecule has 0 fully saturated rings. The van der Waals surface area contributed by atoms with Crippen molar-refractivity contribution < 1.29 is 31.2 Å². The maximum absolute atomic E-state index is 12.4. The number of aryl methyl sites for hydroxylation is 1.